The Morgan fingerprint density at radius 1 is 0.714 bits per heavy atom. The molecule has 106 valence electrons. The Balaban J connectivity index is 2.17. The van der Waals surface area contributed by atoms with Crippen LogP contribution in [-0.2, 0) is 0 Å². The molecule has 1 unspecified atom stereocenters. The smallest absolute Gasteiger partial charge is 0.0487 e. The monoisotopic (exact) mass is 275 g/mol. The van der Waals surface area contributed by atoms with Crippen LogP contribution < -0.4 is 0 Å². The predicted molar refractivity (Wildman–Crippen MR) is 90.3 cm³/mol. The van der Waals surface area contributed by atoms with E-state index in [9.17, 15) is 0 Å². The number of nitrogens with zero attached hydrogens (tertiary/aromatic N) is 1. The summed E-state index contributed by atoms with van der Waals surface area (Å²) in [7, 11) is 0. The molecule has 1 aromatic heterocycles. The highest BCUT2D eigenvalue weighted by molar-refractivity contribution is 5.70. The minimum atomic E-state index is 0.477. The van der Waals surface area contributed by atoms with Gasteiger partial charge < -0.3 is 4.57 Å². The summed E-state index contributed by atoms with van der Waals surface area (Å²) in [6, 6.07) is 26.2. The maximum absolute atomic E-state index is 2.46. The van der Waals surface area contributed by atoms with Crippen molar-refractivity contribution in [3.05, 3.63) is 72.8 Å². The highest BCUT2D eigenvalue weighted by Crippen LogP contribution is 2.33. The predicted octanol–water partition coefficient (Wildman–Crippen LogP) is 5.79. The van der Waals surface area contributed by atoms with Crippen LogP contribution in [0.2, 0.25) is 0 Å². The molecular formula is C20H21N. The van der Waals surface area contributed by atoms with Crippen LogP contribution in [0.15, 0.2) is 72.8 Å². The van der Waals surface area contributed by atoms with Crippen LogP contribution >= 0.6 is 0 Å². The van der Waals surface area contributed by atoms with Gasteiger partial charge in [-0.2, -0.15) is 0 Å². The van der Waals surface area contributed by atoms with Crippen molar-refractivity contribution in [2.45, 2.75) is 26.3 Å². The third-order valence-corrected chi connectivity index (χ3v) is 4.09. The van der Waals surface area contributed by atoms with E-state index in [4.69, 9.17) is 0 Å². The van der Waals surface area contributed by atoms with Gasteiger partial charge in [0.1, 0.15) is 0 Å². The van der Waals surface area contributed by atoms with E-state index in [-0.39, 0.29) is 0 Å². The van der Waals surface area contributed by atoms with E-state index in [0.717, 1.165) is 6.42 Å². The molecule has 0 saturated carbocycles. The minimum absolute atomic E-state index is 0.477. The van der Waals surface area contributed by atoms with Gasteiger partial charge in [0.05, 0.1) is 0 Å². The Bertz CT molecular complexity index is 638. The fourth-order valence-electron chi connectivity index (χ4n) is 2.79. The molecule has 1 atom stereocenters. The maximum atomic E-state index is 2.46. The topological polar surface area (TPSA) is 4.93 Å². The van der Waals surface area contributed by atoms with Gasteiger partial charge in [-0.25, -0.2) is 0 Å². The molecule has 21 heavy (non-hydrogen) atoms. The van der Waals surface area contributed by atoms with Gasteiger partial charge >= 0.3 is 0 Å². The van der Waals surface area contributed by atoms with Crippen molar-refractivity contribution in [1.82, 2.24) is 4.57 Å². The van der Waals surface area contributed by atoms with Crippen LogP contribution in [0.3, 0.4) is 0 Å². The molecule has 3 rings (SSSR count). The first-order valence-electron chi connectivity index (χ1n) is 7.63. The van der Waals surface area contributed by atoms with E-state index in [1.165, 1.54) is 22.5 Å². The van der Waals surface area contributed by atoms with Crippen molar-refractivity contribution < 1.29 is 0 Å². The quantitative estimate of drug-likeness (QED) is 0.567. The van der Waals surface area contributed by atoms with Gasteiger partial charge in [-0.05, 0) is 36.6 Å². The lowest BCUT2D eigenvalue weighted by Crippen LogP contribution is -2.07. The average molecular weight is 275 g/mol. The first-order valence-corrected chi connectivity index (χ1v) is 7.63. The van der Waals surface area contributed by atoms with E-state index >= 15 is 0 Å². The van der Waals surface area contributed by atoms with E-state index in [1.54, 1.807) is 0 Å². The molecule has 0 bridgehead atoms. The molecule has 1 nitrogen and oxygen atoms in total. The molecule has 0 amide bonds. The number of rotatable bonds is 4. The fourth-order valence-corrected chi connectivity index (χ4v) is 2.79. The molecule has 0 aliphatic rings. The molecule has 0 aliphatic heterocycles. The summed E-state index contributed by atoms with van der Waals surface area (Å²) in [5, 5.41) is 0. The van der Waals surface area contributed by atoms with Crippen LogP contribution in [0.5, 0.6) is 0 Å². The highest BCUT2D eigenvalue weighted by Gasteiger charge is 2.15. The molecule has 0 N–H and O–H groups in total. The third-order valence-electron chi connectivity index (χ3n) is 4.09. The lowest BCUT2D eigenvalue weighted by atomic mass is 10.1. The second-order valence-electron chi connectivity index (χ2n) is 5.46. The molecule has 1 heterocycles. The molecule has 0 spiro atoms. The van der Waals surface area contributed by atoms with Gasteiger partial charge in [0.25, 0.3) is 0 Å². The summed E-state index contributed by atoms with van der Waals surface area (Å²) >= 11 is 0. The van der Waals surface area contributed by atoms with Crippen LogP contribution in [0, 0.1) is 0 Å². The SMILES string of the molecule is CCC(C)n1c(-c2ccccc2)ccc1-c1ccccc1. The number of hydrogen-bond acceptors (Lipinski definition) is 0. The van der Waals surface area contributed by atoms with Crippen molar-refractivity contribution in [2.24, 2.45) is 0 Å². The summed E-state index contributed by atoms with van der Waals surface area (Å²) in [4.78, 5) is 0. The summed E-state index contributed by atoms with van der Waals surface area (Å²) in [6.07, 6.45) is 1.12. The zero-order valence-corrected chi connectivity index (χ0v) is 12.7. The van der Waals surface area contributed by atoms with Gasteiger partial charge in [0.2, 0.25) is 0 Å². The fraction of sp³-hybridized carbons (Fsp3) is 0.200. The zero-order chi connectivity index (χ0) is 14.7. The lowest BCUT2D eigenvalue weighted by molar-refractivity contribution is 0.543. The lowest BCUT2D eigenvalue weighted by Gasteiger charge is -2.20. The van der Waals surface area contributed by atoms with Crippen molar-refractivity contribution in [3.8, 4) is 22.5 Å². The van der Waals surface area contributed by atoms with Crippen molar-refractivity contribution in [1.29, 1.82) is 0 Å². The van der Waals surface area contributed by atoms with Crippen molar-refractivity contribution in [2.75, 3.05) is 0 Å². The summed E-state index contributed by atoms with van der Waals surface area (Å²) in [5.74, 6) is 0. The molecule has 1 heteroatoms. The zero-order valence-electron chi connectivity index (χ0n) is 12.7. The van der Waals surface area contributed by atoms with E-state index in [2.05, 4.69) is 91.2 Å². The highest BCUT2D eigenvalue weighted by atomic mass is 15.0. The third kappa shape index (κ3) is 2.64. The summed E-state index contributed by atoms with van der Waals surface area (Å²) in [5.41, 5.74) is 5.15. The van der Waals surface area contributed by atoms with Gasteiger partial charge in [-0.3, -0.25) is 0 Å². The Hall–Kier alpha value is -2.28. The Morgan fingerprint density at radius 3 is 1.52 bits per heavy atom. The second kappa shape index (κ2) is 6.01. The number of hydrogen-bond donors (Lipinski definition) is 0. The number of aromatic nitrogens is 1. The van der Waals surface area contributed by atoms with E-state index < -0.39 is 0 Å². The first-order chi connectivity index (χ1) is 10.3. The van der Waals surface area contributed by atoms with Gasteiger partial charge in [0.15, 0.2) is 0 Å². The Kier molecular flexibility index (Phi) is 3.92. The van der Waals surface area contributed by atoms with Gasteiger partial charge in [0, 0.05) is 17.4 Å². The largest absolute Gasteiger partial charge is 0.338 e. The van der Waals surface area contributed by atoms with Crippen molar-refractivity contribution in [3.63, 3.8) is 0 Å². The van der Waals surface area contributed by atoms with E-state index in [1.807, 2.05) is 0 Å². The molecule has 2 aromatic carbocycles. The first kappa shape index (κ1) is 13.7. The van der Waals surface area contributed by atoms with Gasteiger partial charge in [-0.1, -0.05) is 67.6 Å². The molecular weight excluding hydrogens is 254 g/mol. The van der Waals surface area contributed by atoms with Crippen LogP contribution in [0.25, 0.3) is 22.5 Å². The average Bonchev–Trinajstić information content (AvgIpc) is 3.00. The molecule has 0 radical (unpaired) electrons. The standard InChI is InChI=1S/C20H21N/c1-3-16(2)21-19(17-10-6-4-7-11-17)14-15-20(21)18-12-8-5-9-13-18/h4-16H,3H2,1-2H3. The Labute approximate surface area is 126 Å². The molecule has 0 aliphatic carbocycles. The summed E-state index contributed by atoms with van der Waals surface area (Å²) < 4.78 is 2.46. The normalized spacial score (nSPS) is 12.3. The Morgan fingerprint density at radius 2 is 1.14 bits per heavy atom. The number of benzene rings is 2. The minimum Gasteiger partial charge on any atom is -0.338 e. The molecule has 0 fully saturated rings. The van der Waals surface area contributed by atoms with Gasteiger partial charge in [-0.15, -0.1) is 0 Å². The van der Waals surface area contributed by atoms with E-state index in [0.29, 0.717) is 6.04 Å². The van der Waals surface area contributed by atoms with Crippen LogP contribution in [0.4, 0.5) is 0 Å². The van der Waals surface area contributed by atoms with Crippen LogP contribution in [-0.4, -0.2) is 4.57 Å². The maximum Gasteiger partial charge on any atom is 0.0487 e. The summed E-state index contributed by atoms with van der Waals surface area (Å²) in [6.45, 7) is 4.53. The van der Waals surface area contributed by atoms with Crippen LogP contribution in [0.1, 0.15) is 26.3 Å². The van der Waals surface area contributed by atoms with Crippen molar-refractivity contribution >= 4 is 0 Å². The molecule has 0 saturated heterocycles. The molecule has 3 aromatic rings. The second-order valence-corrected chi connectivity index (χ2v) is 5.46.